The Morgan fingerprint density at radius 1 is 1.08 bits per heavy atom. The van der Waals surface area contributed by atoms with Crippen LogP contribution in [0.4, 0.5) is 4.79 Å². The van der Waals surface area contributed by atoms with Gasteiger partial charge in [0, 0.05) is 6.54 Å². The van der Waals surface area contributed by atoms with Crippen LogP contribution in [0.5, 0.6) is 11.5 Å². The van der Waals surface area contributed by atoms with Gasteiger partial charge < -0.3 is 9.47 Å². The third kappa shape index (κ3) is 3.18. The number of methoxy groups -OCH3 is 2. The number of ether oxygens (including phenoxy) is 2. The molecule has 0 atom stereocenters. The van der Waals surface area contributed by atoms with Gasteiger partial charge in [-0.05, 0) is 30.9 Å². The molecule has 0 bridgehead atoms. The first-order valence-corrected chi connectivity index (χ1v) is 8.32. The molecule has 1 aliphatic heterocycles. The van der Waals surface area contributed by atoms with Gasteiger partial charge in [-0.25, -0.2) is 4.79 Å². The summed E-state index contributed by atoms with van der Waals surface area (Å²) < 4.78 is 10.6. The molecule has 1 aliphatic rings. The van der Waals surface area contributed by atoms with Crippen molar-refractivity contribution in [2.45, 2.75) is 33.1 Å². The molecule has 1 fully saturated rings. The van der Waals surface area contributed by atoms with Crippen LogP contribution in [0.15, 0.2) is 18.2 Å². The number of para-hydroxylation sites is 1. The summed E-state index contributed by atoms with van der Waals surface area (Å²) in [5, 5.41) is 2.31. The fourth-order valence-electron chi connectivity index (χ4n) is 3.19. The van der Waals surface area contributed by atoms with E-state index in [2.05, 4.69) is 5.32 Å². The molecule has 0 aromatic heterocycles. The van der Waals surface area contributed by atoms with Crippen molar-refractivity contribution in [3.05, 3.63) is 23.8 Å². The van der Waals surface area contributed by atoms with E-state index in [0.29, 0.717) is 30.8 Å². The Labute approximate surface area is 147 Å². The zero-order valence-corrected chi connectivity index (χ0v) is 15.0. The van der Waals surface area contributed by atoms with E-state index in [-0.39, 0.29) is 6.54 Å². The molecule has 0 radical (unpaired) electrons. The first-order chi connectivity index (χ1) is 11.9. The van der Waals surface area contributed by atoms with E-state index in [9.17, 15) is 14.4 Å². The van der Waals surface area contributed by atoms with E-state index >= 15 is 0 Å². The molecule has 0 aliphatic carbocycles. The number of carbonyl (C=O) groups is 3. The molecule has 0 saturated carbocycles. The lowest BCUT2D eigenvalue weighted by atomic mass is 9.78. The normalized spacial score (nSPS) is 16.6. The number of nitrogens with zero attached hydrogens (tertiary/aromatic N) is 1. The topological polar surface area (TPSA) is 84.9 Å². The Hall–Kier alpha value is -2.57. The zero-order valence-electron chi connectivity index (χ0n) is 15.0. The maximum Gasteiger partial charge on any atom is 0.330 e. The second-order valence-corrected chi connectivity index (χ2v) is 5.91. The lowest BCUT2D eigenvalue weighted by Crippen LogP contribution is -2.63. The average molecular weight is 348 g/mol. The minimum Gasteiger partial charge on any atom is -0.493 e. The van der Waals surface area contributed by atoms with Crippen molar-refractivity contribution >= 4 is 17.8 Å². The third-order valence-corrected chi connectivity index (χ3v) is 4.85. The Kier molecular flexibility index (Phi) is 5.66. The highest BCUT2D eigenvalue weighted by atomic mass is 16.5. The molecule has 1 N–H and O–H groups in total. The first-order valence-electron chi connectivity index (χ1n) is 8.32. The summed E-state index contributed by atoms with van der Waals surface area (Å²) in [6.45, 7) is 3.71. The minimum atomic E-state index is -1.17. The molecule has 2 rings (SSSR count). The lowest BCUT2D eigenvalue weighted by molar-refractivity contribution is -0.152. The second-order valence-electron chi connectivity index (χ2n) is 5.91. The number of imide groups is 2. The summed E-state index contributed by atoms with van der Waals surface area (Å²) in [4.78, 5) is 38.3. The van der Waals surface area contributed by atoms with Crippen molar-refractivity contribution in [1.82, 2.24) is 10.2 Å². The molecule has 136 valence electrons. The minimum absolute atomic E-state index is 0.156. The number of nitrogens with one attached hydrogen (secondary N) is 1. The molecule has 7 heteroatoms. The molecule has 1 aromatic rings. The molecule has 7 nitrogen and oxygen atoms in total. The van der Waals surface area contributed by atoms with E-state index in [1.165, 1.54) is 7.11 Å². The monoisotopic (exact) mass is 348 g/mol. The molecule has 0 spiro atoms. The van der Waals surface area contributed by atoms with Crippen LogP contribution in [-0.2, 0) is 16.0 Å². The Bertz CT molecular complexity index is 682. The molecule has 0 unspecified atom stereocenters. The number of barbiturate groups is 1. The summed E-state index contributed by atoms with van der Waals surface area (Å²) in [6.07, 6.45) is 1.10. The van der Waals surface area contributed by atoms with Crippen LogP contribution in [0.2, 0.25) is 0 Å². The van der Waals surface area contributed by atoms with Crippen molar-refractivity contribution in [2.24, 2.45) is 5.41 Å². The molecule has 1 heterocycles. The smallest absolute Gasteiger partial charge is 0.330 e. The number of rotatable bonds is 7. The zero-order chi connectivity index (χ0) is 18.6. The van der Waals surface area contributed by atoms with Gasteiger partial charge in [-0.2, -0.15) is 0 Å². The Morgan fingerprint density at radius 3 is 2.32 bits per heavy atom. The van der Waals surface area contributed by atoms with Crippen molar-refractivity contribution in [3.8, 4) is 11.5 Å². The van der Waals surface area contributed by atoms with Crippen LogP contribution in [-0.4, -0.2) is 43.5 Å². The van der Waals surface area contributed by atoms with E-state index in [0.717, 1.165) is 10.5 Å². The standard InChI is InChI=1S/C18H24N2O5/c1-5-18(6-2)15(21)19-17(23)20(16(18)22)11-10-12-8-7-9-13(24-3)14(12)25-4/h7-9H,5-6,10-11H2,1-4H3,(H,19,21,23). The van der Waals surface area contributed by atoms with E-state index in [1.807, 2.05) is 12.1 Å². The van der Waals surface area contributed by atoms with Gasteiger partial charge in [0.15, 0.2) is 11.5 Å². The van der Waals surface area contributed by atoms with Crippen molar-refractivity contribution < 1.29 is 23.9 Å². The Morgan fingerprint density at radius 2 is 1.76 bits per heavy atom. The van der Waals surface area contributed by atoms with Gasteiger partial charge in [0.05, 0.1) is 14.2 Å². The number of carbonyl (C=O) groups excluding carboxylic acids is 3. The number of amides is 4. The van der Waals surface area contributed by atoms with Crippen LogP contribution < -0.4 is 14.8 Å². The van der Waals surface area contributed by atoms with E-state index < -0.39 is 23.3 Å². The summed E-state index contributed by atoms with van der Waals surface area (Å²) in [5.41, 5.74) is -0.357. The van der Waals surface area contributed by atoms with E-state index in [1.54, 1.807) is 27.0 Å². The largest absolute Gasteiger partial charge is 0.493 e. The van der Waals surface area contributed by atoms with Gasteiger partial charge in [-0.1, -0.05) is 26.0 Å². The number of hydrogen-bond acceptors (Lipinski definition) is 5. The fourth-order valence-corrected chi connectivity index (χ4v) is 3.19. The first kappa shape index (κ1) is 18.8. The van der Waals surface area contributed by atoms with Gasteiger partial charge in [-0.15, -0.1) is 0 Å². The molecule has 25 heavy (non-hydrogen) atoms. The molecule has 1 saturated heterocycles. The van der Waals surface area contributed by atoms with Crippen LogP contribution in [0, 0.1) is 5.41 Å². The summed E-state index contributed by atoms with van der Waals surface area (Å²) >= 11 is 0. The molecular weight excluding hydrogens is 324 g/mol. The highest BCUT2D eigenvalue weighted by Gasteiger charge is 2.51. The quantitative estimate of drug-likeness (QED) is 0.763. The highest BCUT2D eigenvalue weighted by molar-refractivity contribution is 6.19. The van der Waals surface area contributed by atoms with E-state index in [4.69, 9.17) is 9.47 Å². The Balaban J connectivity index is 2.24. The van der Waals surface area contributed by atoms with Crippen LogP contribution in [0.1, 0.15) is 32.3 Å². The molecule has 4 amide bonds. The molecular formula is C18H24N2O5. The van der Waals surface area contributed by atoms with Crippen LogP contribution in [0.25, 0.3) is 0 Å². The maximum atomic E-state index is 12.8. The number of urea groups is 1. The summed E-state index contributed by atoms with van der Waals surface area (Å²) in [6, 6.07) is 4.78. The molecule has 1 aromatic carbocycles. The van der Waals surface area contributed by atoms with Crippen LogP contribution >= 0.6 is 0 Å². The summed E-state index contributed by atoms with van der Waals surface area (Å²) in [5.74, 6) is 0.208. The third-order valence-electron chi connectivity index (χ3n) is 4.85. The van der Waals surface area contributed by atoms with Gasteiger partial charge >= 0.3 is 6.03 Å². The van der Waals surface area contributed by atoms with Crippen molar-refractivity contribution in [3.63, 3.8) is 0 Å². The second kappa shape index (κ2) is 7.55. The average Bonchev–Trinajstić information content (AvgIpc) is 2.62. The van der Waals surface area contributed by atoms with Gasteiger partial charge in [0.2, 0.25) is 11.8 Å². The van der Waals surface area contributed by atoms with Crippen molar-refractivity contribution in [1.29, 1.82) is 0 Å². The van der Waals surface area contributed by atoms with Gasteiger partial charge in [0.1, 0.15) is 5.41 Å². The predicted octanol–water partition coefficient (Wildman–Crippen LogP) is 2.13. The van der Waals surface area contributed by atoms with Crippen molar-refractivity contribution in [2.75, 3.05) is 20.8 Å². The number of hydrogen-bond donors (Lipinski definition) is 1. The highest BCUT2D eigenvalue weighted by Crippen LogP contribution is 2.34. The number of benzene rings is 1. The van der Waals surface area contributed by atoms with Gasteiger partial charge in [-0.3, -0.25) is 19.8 Å². The fraction of sp³-hybridized carbons (Fsp3) is 0.500. The van der Waals surface area contributed by atoms with Crippen LogP contribution in [0.3, 0.4) is 0 Å². The van der Waals surface area contributed by atoms with Gasteiger partial charge in [0.25, 0.3) is 0 Å². The predicted molar refractivity (Wildman–Crippen MR) is 91.5 cm³/mol. The SMILES string of the molecule is CCC1(CC)C(=O)NC(=O)N(CCc2cccc(OC)c2OC)C1=O. The lowest BCUT2D eigenvalue weighted by Gasteiger charge is -2.38. The maximum absolute atomic E-state index is 12.8. The summed E-state index contributed by atoms with van der Waals surface area (Å²) in [7, 11) is 3.09.